The van der Waals surface area contributed by atoms with Gasteiger partial charge in [0, 0.05) is 50.8 Å². The van der Waals surface area contributed by atoms with Gasteiger partial charge in [0.2, 0.25) is 11.8 Å². The fourth-order valence-corrected chi connectivity index (χ4v) is 4.25. The Bertz CT molecular complexity index is 1200. The molecular weight excluding hydrogens is 441 g/mol. The molecule has 9 nitrogen and oxygen atoms in total. The number of hydrogen-bond donors (Lipinski definition) is 0. The predicted molar refractivity (Wildman–Crippen MR) is 122 cm³/mol. The second-order valence-corrected chi connectivity index (χ2v) is 8.23. The number of morpholine rings is 1. The number of para-hydroxylation sites is 2. The minimum Gasteiger partial charge on any atom is -0.435 e. The van der Waals surface area contributed by atoms with Crippen LogP contribution in [0.1, 0.15) is 16.8 Å². The summed E-state index contributed by atoms with van der Waals surface area (Å²) in [5, 5.41) is 11.4. The lowest BCUT2D eigenvalue weighted by Gasteiger charge is -2.31. The maximum atomic E-state index is 14.4. The van der Waals surface area contributed by atoms with E-state index in [0.717, 1.165) is 11.3 Å². The SMILES string of the molecule is O=[N+]([O-])c1ccccc1CN1CCc2nc(N3CCOCC3)nc(Oc3ccccc3F)c2C1. The molecule has 1 aromatic heterocycles. The molecule has 0 atom stereocenters. The highest BCUT2D eigenvalue weighted by Crippen LogP contribution is 2.33. The number of benzene rings is 2. The van der Waals surface area contributed by atoms with Crippen LogP contribution < -0.4 is 9.64 Å². The molecule has 0 saturated carbocycles. The molecule has 3 aromatic rings. The first-order chi connectivity index (χ1) is 16.6. The van der Waals surface area contributed by atoms with Crippen LogP contribution in [-0.4, -0.2) is 52.6 Å². The van der Waals surface area contributed by atoms with Crippen molar-refractivity contribution in [2.24, 2.45) is 0 Å². The number of nitro groups is 1. The third-order valence-corrected chi connectivity index (χ3v) is 6.01. The van der Waals surface area contributed by atoms with Crippen molar-refractivity contribution in [3.05, 3.63) is 81.3 Å². The Morgan fingerprint density at radius 1 is 1.06 bits per heavy atom. The molecule has 0 amide bonds. The Kier molecular flexibility index (Phi) is 6.33. The van der Waals surface area contributed by atoms with Crippen molar-refractivity contribution in [1.29, 1.82) is 0 Å². The number of anilines is 1. The summed E-state index contributed by atoms with van der Waals surface area (Å²) >= 11 is 0. The van der Waals surface area contributed by atoms with Crippen LogP contribution in [0.25, 0.3) is 0 Å². The predicted octanol–water partition coefficient (Wildman–Crippen LogP) is 3.71. The number of rotatable bonds is 6. The van der Waals surface area contributed by atoms with Gasteiger partial charge in [-0.2, -0.15) is 4.98 Å². The van der Waals surface area contributed by atoms with E-state index < -0.39 is 5.82 Å². The van der Waals surface area contributed by atoms with Gasteiger partial charge in [-0.25, -0.2) is 9.37 Å². The summed E-state index contributed by atoms with van der Waals surface area (Å²) in [6.07, 6.45) is 0.628. The number of nitro benzene ring substituents is 1. The summed E-state index contributed by atoms with van der Waals surface area (Å²) in [5.41, 5.74) is 2.35. The zero-order chi connectivity index (χ0) is 23.5. The molecule has 0 aliphatic carbocycles. The van der Waals surface area contributed by atoms with Gasteiger partial charge in [-0.05, 0) is 12.1 Å². The molecule has 2 aliphatic heterocycles. The molecule has 3 heterocycles. The van der Waals surface area contributed by atoms with Gasteiger partial charge in [-0.15, -0.1) is 0 Å². The summed E-state index contributed by atoms with van der Waals surface area (Å²) in [5.74, 6) is 0.465. The number of aromatic nitrogens is 2. The van der Waals surface area contributed by atoms with Crippen LogP contribution in [-0.2, 0) is 24.2 Å². The van der Waals surface area contributed by atoms with Gasteiger partial charge in [-0.1, -0.05) is 30.3 Å². The summed E-state index contributed by atoms with van der Waals surface area (Å²) in [6, 6.07) is 12.9. The largest absolute Gasteiger partial charge is 0.435 e. The first kappa shape index (κ1) is 22.2. The number of ether oxygens (including phenoxy) is 2. The standard InChI is InChI=1S/C24H24FN5O4/c25-19-6-2-4-8-22(19)34-23-18-16-28(15-17-5-1-3-7-21(17)30(31)32)10-9-20(18)26-24(27-23)29-11-13-33-14-12-29/h1-8H,9-16H2. The summed E-state index contributed by atoms with van der Waals surface area (Å²) in [7, 11) is 0. The van der Waals surface area contributed by atoms with E-state index in [9.17, 15) is 14.5 Å². The third kappa shape index (κ3) is 4.68. The van der Waals surface area contributed by atoms with E-state index in [-0.39, 0.29) is 16.4 Å². The molecular formula is C24H24FN5O4. The van der Waals surface area contributed by atoms with Gasteiger partial charge in [0.05, 0.1) is 29.4 Å². The van der Waals surface area contributed by atoms with Crippen molar-refractivity contribution < 1.29 is 18.8 Å². The zero-order valence-corrected chi connectivity index (χ0v) is 18.5. The Balaban J connectivity index is 1.47. The van der Waals surface area contributed by atoms with Crippen LogP contribution in [0.4, 0.5) is 16.0 Å². The molecule has 1 fully saturated rings. The average Bonchev–Trinajstić information content (AvgIpc) is 2.86. The third-order valence-electron chi connectivity index (χ3n) is 6.01. The number of fused-ring (bicyclic) bond motifs is 1. The van der Waals surface area contributed by atoms with E-state index in [0.29, 0.717) is 69.8 Å². The van der Waals surface area contributed by atoms with E-state index in [1.54, 1.807) is 36.4 Å². The topological polar surface area (TPSA) is 93.9 Å². The van der Waals surface area contributed by atoms with Gasteiger partial charge < -0.3 is 14.4 Å². The van der Waals surface area contributed by atoms with E-state index in [2.05, 4.69) is 9.88 Å². The van der Waals surface area contributed by atoms with E-state index >= 15 is 0 Å². The minimum atomic E-state index is -0.477. The number of hydrogen-bond acceptors (Lipinski definition) is 8. The molecule has 2 aliphatic rings. The lowest BCUT2D eigenvalue weighted by Crippen LogP contribution is -2.38. The number of nitrogens with zero attached hydrogens (tertiary/aromatic N) is 5. The smallest absolute Gasteiger partial charge is 0.273 e. The summed E-state index contributed by atoms with van der Waals surface area (Å²) < 4.78 is 25.8. The van der Waals surface area contributed by atoms with Crippen LogP contribution in [0.3, 0.4) is 0 Å². The molecule has 0 N–H and O–H groups in total. The molecule has 5 rings (SSSR count). The molecule has 2 aromatic carbocycles. The minimum absolute atomic E-state index is 0.0900. The van der Waals surface area contributed by atoms with E-state index in [1.807, 2.05) is 4.90 Å². The van der Waals surface area contributed by atoms with Crippen LogP contribution in [0.2, 0.25) is 0 Å². The first-order valence-corrected chi connectivity index (χ1v) is 11.2. The Morgan fingerprint density at radius 3 is 2.62 bits per heavy atom. The summed E-state index contributed by atoms with van der Waals surface area (Å²) in [6.45, 7) is 4.04. The van der Waals surface area contributed by atoms with E-state index in [1.165, 1.54) is 12.1 Å². The van der Waals surface area contributed by atoms with Crippen LogP contribution in [0.5, 0.6) is 11.6 Å². The normalized spacial score (nSPS) is 16.2. The van der Waals surface area contributed by atoms with Crippen molar-refractivity contribution in [2.75, 3.05) is 37.7 Å². The van der Waals surface area contributed by atoms with Crippen LogP contribution >= 0.6 is 0 Å². The number of halogens is 1. The Hall–Kier alpha value is -3.63. The fourth-order valence-electron chi connectivity index (χ4n) is 4.25. The molecule has 0 unspecified atom stereocenters. The molecule has 0 bridgehead atoms. The second-order valence-electron chi connectivity index (χ2n) is 8.23. The first-order valence-electron chi connectivity index (χ1n) is 11.2. The molecule has 34 heavy (non-hydrogen) atoms. The highest BCUT2D eigenvalue weighted by atomic mass is 19.1. The van der Waals surface area contributed by atoms with Crippen LogP contribution in [0, 0.1) is 15.9 Å². The lowest BCUT2D eigenvalue weighted by molar-refractivity contribution is -0.385. The van der Waals surface area contributed by atoms with Crippen molar-refractivity contribution >= 4 is 11.6 Å². The van der Waals surface area contributed by atoms with Gasteiger partial charge in [0.25, 0.3) is 5.69 Å². The van der Waals surface area contributed by atoms with Crippen molar-refractivity contribution in [1.82, 2.24) is 14.9 Å². The quantitative estimate of drug-likeness (QED) is 0.402. The Labute approximate surface area is 195 Å². The zero-order valence-electron chi connectivity index (χ0n) is 18.5. The maximum Gasteiger partial charge on any atom is 0.273 e. The lowest BCUT2D eigenvalue weighted by atomic mass is 10.0. The molecule has 0 spiro atoms. The second kappa shape index (κ2) is 9.70. The molecule has 176 valence electrons. The van der Waals surface area contributed by atoms with Gasteiger partial charge >= 0.3 is 0 Å². The summed E-state index contributed by atoms with van der Waals surface area (Å²) in [4.78, 5) is 24.7. The van der Waals surface area contributed by atoms with Crippen molar-refractivity contribution in [3.8, 4) is 11.6 Å². The molecule has 0 radical (unpaired) electrons. The average molecular weight is 465 g/mol. The van der Waals surface area contributed by atoms with Crippen molar-refractivity contribution in [3.63, 3.8) is 0 Å². The maximum absolute atomic E-state index is 14.4. The highest BCUT2D eigenvalue weighted by molar-refractivity contribution is 5.44. The highest BCUT2D eigenvalue weighted by Gasteiger charge is 2.27. The van der Waals surface area contributed by atoms with Crippen LogP contribution in [0.15, 0.2) is 48.5 Å². The molecule has 1 saturated heterocycles. The monoisotopic (exact) mass is 465 g/mol. The van der Waals surface area contributed by atoms with Crippen molar-refractivity contribution in [2.45, 2.75) is 19.5 Å². The molecule has 10 heteroatoms. The van der Waals surface area contributed by atoms with E-state index in [4.69, 9.17) is 14.5 Å². The van der Waals surface area contributed by atoms with Gasteiger partial charge in [-0.3, -0.25) is 15.0 Å². The fraction of sp³-hybridized carbons (Fsp3) is 0.333. The van der Waals surface area contributed by atoms with Gasteiger partial charge in [0.1, 0.15) is 0 Å². The van der Waals surface area contributed by atoms with Gasteiger partial charge in [0.15, 0.2) is 11.6 Å². The Morgan fingerprint density at radius 2 is 1.82 bits per heavy atom.